The molecule has 4 nitrogen and oxygen atoms in total. The zero-order valence-electron chi connectivity index (χ0n) is 11.0. The van der Waals surface area contributed by atoms with Crippen molar-refractivity contribution in [2.45, 2.75) is 6.54 Å². The molecular weight excluding hydrogens is 291 g/mol. The van der Waals surface area contributed by atoms with Crippen LogP contribution in [0.15, 0.2) is 42.7 Å². The fourth-order valence-electron chi connectivity index (χ4n) is 2.05. The normalized spacial score (nSPS) is 10.8. The van der Waals surface area contributed by atoms with Gasteiger partial charge in [0.1, 0.15) is 18.0 Å². The number of nitrogens with one attached hydrogen (secondary N) is 1. The lowest BCUT2D eigenvalue weighted by Crippen LogP contribution is -2.03. The SMILES string of the molecule is Nc1ccc2c(NCc3ccc(F)c(Cl)c3)ncnc2c1. The maximum Gasteiger partial charge on any atom is 0.141 e. The summed E-state index contributed by atoms with van der Waals surface area (Å²) in [4.78, 5) is 8.40. The highest BCUT2D eigenvalue weighted by molar-refractivity contribution is 6.30. The van der Waals surface area contributed by atoms with E-state index in [-0.39, 0.29) is 5.02 Å². The highest BCUT2D eigenvalue weighted by atomic mass is 35.5. The molecule has 1 heterocycles. The fourth-order valence-corrected chi connectivity index (χ4v) is 2.25. The van der Waals surface area contributed by atoms with Crippen LogP contribution in [0.4, 0.5) is 15.9 Å². The largest absolute Gasteiger partial charge is 0.399 e. The third-order valence-electron chi connectivity index (χ3n) is 3.10. The first-order valence-electron chi connectivity index (χ1n) is 6.31. The summed E-state index contributed by atoms with van der Waals surface area (Å²) >= 11 is 5.77. The number of nitrogens with two attached hydrogens (primary N) is 1. The van der Waals surface area contributed by atoms with Crippen LogP contribution in [0.25, 0.3) is 10.9 Å². The first kappa shape index (κ1) is 13.6. The Morgan fingerprint density at radius 2 is 2.00 bits per heavy atom. The molecule has 0 saturated heterocycles. The number of halogens is 2. The molecule has 0 atom stereocenters. The van der Waals surface area contributed by atoms with Crippen molar-refractivity contribution in [3.8, 4) is 0 Å². The monoisotopic (exact) mass is 302 g/mol. The first-order chi connectivity index (χ1) is 10.1. The summed E-state index contributed by atoms with van der Waals surface area (Å²) in [6.45, 7) is 0.483. The van der Waals surface area contributed by atoms with Crippen molar-refractivity contribution in [1.29, 1.82) is 0 Å². The number of rotatable bonds is 3. The summed E-state index contributed by atoms with van der Waals surface area (Å²) < 4.78 is 13.1. The molecule has 0 fully saturated rings. The molecule has 0 saturated carbocycles. The predicted octanol–water partition coefficient (Wildman–Crippen LogP) is 3.62. The summed E-state index contributed by atoms with van der Waals surface area (Å²) in [6, 6.07) is 10.1. The smallest absolute Gasteiger partial charge is 0.141 e. The van der Waals surface area contributed by atoms with E-state index in [2.05, 4.69) is 15.3 Å². The van der Waals surface area contributed by atoms with E-state index in [0.29, 0.717) is 18.1 Å². The van der Waals surface area contributed by atoms with Crippen molar-refractivity contribution in [3.63, 3.8) is 0 Å². The molecule has 1 aromatic heterocycles. The van der Waals surface area contributed by atoms with Crippen molar-refractivity contribution in [3.05, 3.63) is 59.1 Å². The summed E-state index contributed by atoms with van der Waals surface area (Å²) in [5, 5.41) is 4.18. The van der Waals surface area contributed by atoms with E-state index in [0.717, 1.165) is 16.5 Å². The van der Waals surface area contributed by atoms with Crippen LogP contribution in [-0.4, -0.2) is 9.97 Å². The molecule has 0 aliphatic carbocycles. The van der Waals surface area contributed by atoms with Crippen molar-refractivity contribution >= 4 is 34.0 Å². The summed E-state index contributed by atoms with van der Waals surface area (Å²) in [5.41, 5.74) is 8.02. The van der Waals surface area contributed by atoms with Gasteiger partial charge in [0, 0.05) is 17.6 Å². The number of hydrogen-bond acceptors (Lipinski definition) is 4. The van der Waals surface area contributed by atoms with Crippen LogP contribution < -0.4 is 11.1 Å². The summed E-state index contributed by atoms with van der Waals surface area (Å²) in [7, 11) is 0. The minimum Gasteiger partial charge on any atom is -0.399 e. The Kier molecular flexibility index (Phi) is 3.58. The van der Waals surface area contributed by atoms with Gasteiger partial charge in [-0.2, -0.15) is 0 Å². The maximum absolute atomic E-state index is 13.1. The second-order valence-electron chi connectivity index (χ2n) is 4.60. The first-order valence-corrected chi connectivity index (χ1v) is 6.69. The van der Waals surface area contributed by atoms with Gasteiger partial charge in [-0.25, -0.2) is 14.4 Å². The van der Waals surface area contributed by atoms with E-state index in [1.165, 1.54) is 12.4 Å². The van der Waals surface area contributed by atoms with Crippen molar-refractivity contribution in [2.75, 3.05) is 11.1 Å². The molecule has 106 valence electrons. The van der Waals surface area contributed by atoms with Crippen LogP contribution in [0, 0.1) is 5.82 Å². The Bertz CT molecular complexity index is 807. The molecular formula is C15H12ClFN4. The highest BCUT2D eigenvalue weighted by Gasteiger charge is 2.05. The van der Waals surface area contributed by atoms with Gasteiger partial charge in [-0.3, -0.25) is 0 Å². The van der Waals surface area contributed by atoms with Crippen LogP contribution in [0.2, 0.25) is 5.02 Å². The van der Waals surface area contributed by atoms with Gasteiger partial charge in [-0.1, -0.05) is 17.7 Å². The topological polar surface area (TPSA) is 63.8 Å². The van der Waals surface area contributed by atoms with Gasteiger partial charge < -0.3 is 11.1 Å². The number of anilines is 2. The molecule has 0 radical (unpaired) electrons. The molecule has 3 rings (SSSR count). The molecule has 3 aromatic rings. The van der Waals surface area contributed by atoms with Crippen LogP contribution in [0.5, 0.6) is 0 Å². The highest BCUT2D eigenvalue weighted by Crippen LogP contribution is 2.22. The van der Waals surface area contributed by atoms with Crippen molar-refractivity contribution in [2.24, 2.45) is 0 Å². The predicted molar refractivity (Wildman–Crippen MR) is 82.7 cm³/mol. The quantitative estimate of drug-likeness (QED) is 0.725. The number of aromatic nitrogens is 2. The Balaban J connectivity index is 1.86. The van der Waals surface area contributed by atoms with Gasteiger partial charge in [-0.15, -0.1) is 0 Å². The third-order valence-corrected chi connectivity index (χ3v) is 3.39. The zero-order chi connectivity index (χ0) is 14.8. The molecule has 21 heavy (non-hydrogen) atoms. The number of benzene rings is 2. The number of fused-ring (bicyclic) bond motifs is 1. The van der Waals surface area contributed by atoms with Gasteiger partial charge in [0.05, 0.1) is 10.5 Å². The molecule has 0 spiro atoms. The van der Waals surface area contributed by atoms with E-state index in [1.807, 2.05) is 6.07 Å². The van der Waals surface area contributed by atoms with Gasteiger partial charge >= 0.3 is 0 Å². The van der Waals surface area contributed by atoms with Crippen LogP contribution in [0.3, 0.4) is 0 Å². The number of nitrogens with zero attached hydrogens (tertiary/aromatic N) is 2. The van der Waals surface area contributed by atoms with E-state index in [4.69, 9.17) is 17.3 Å². The molecule has 6 heteroatoms. The van der Waals surface area contributed by atoms with Gasteiger partial charge in [-0.05, 0) is 35.9 Å². The van der Waals surface area contributed by atoms with E-state index >= 15 is 0 Å². The Hall–Kier alpha value is -2.40. The van der Waals surface area contributed by atoms with E-state index < -0.39 is 5.82 Å². The lowest BCUT2D eigenvalue weighted by atomic mass is 10.2. The van der Waals surface area contributed by atoms with Crippen LogP contribution in [-0.2, 0) is 6.54 Å². The third kappa shape index (κ3) is 2.87. The summed E-state index contributed by atoms with van der Waals surface area (Å²) in [6.07, 6.45) is 1.47. The number of nitrogen functional groups attached to an aromatic ring is 1. The Labute approximate surface area is 125 Å². The van der Waals surface area contributed by atoms with Gasteiger partial charge in [0.25, 0.3) is 0 Å². The molecule has 2 aromatic carbocycles. The van der Waals surface area contributed by atoms with Crippen molar-refractivity contribution < 1.29 is 4.39 Å². The Morgan fingerprint density at radius 1 is 1.14 bits per heavy atom. The van der Waals surface area contributed by atoms with Gasteiger partial charge in [0.2, 0.25) is 0 Å². The van der Waals surface area contributed by atoms with E-state index in [1.54, 1.807) is 24.3 Å². The van der Waals surface area contributed by atoms with Crippen LogP contribution >= 0.6 is 11.6 Å². The summed E-state index contributed by atoms with van der Waals surface area (Å²) in [5.74, 6) is 0.267. The van der Waals surface area contributed by atoms with Crippen molar-refractivity contribution in [1.82, 2.24) is 9.97 Å². The molecule has 3 N–H and O–H groups in total. The lowest BCUT2D eigenvalue weighted by molar-refractivity contribution is 0.627. The second-order valence-corrected chi connectivity index (χ2v) is 5.01. The second kappa shape index (κ2) is 5.54. The molecule has 0 bridgehead atoms. The fraction of sp³-hybridized carbons (Fsp3) is 0.0667. The van der Waals surface area contributed by atoms with E-state index in [9.17, 15) is 4.39 Å². The van der Waals surface area contributed by atoms with Gasteiger partial charge in [0.15, 0.2) is 0 Å². The lowest BCUT2D eigenvalue weighted by Gasteiger charge is -2.09. The molecule has 0 unspecified atom stereocenters. The van der Waals surface area contributed by atoms with Crippen LogP contribution in [0.1, 0.15) is 5.56 Å². The minimum atomic E-state index is -0.427. The Morgan fingerprint density at radius 3 is 2.81 bits per heavy atom. The average molecular weight is 303 g/mol. The molecule has 0 amide bonds. The minimum absolute atomic E-state index is 0.106. The zero-order valence-corrected chi connectivity index (χ0v) is 11.7. The standard InChI is InChI=1S/C15H12ClFN4/c16-12-5-9(1-4-13(12)17)7-19-15-11-3-2-10(18)6-14(11)20-8-21-15/h1-6,8H,7,18H2,(H,19,20,21). The molecule has 0 aliphatic rings. The average Bonchev–Trinajstić information content (AvgIpc) is 2.48. The maximum atomic E-state index is 13.1. The molecule has 0 aliphatic heterocycles. The number of hydrogen-bond donors (Lipinski definition) is 2.